The number of aromatic nitrogens is 1. The highest BCUT2D eigenvalue weighted by Crippen LogP contribution is 2.31. The van der Waals surface area contributed by atoms with E-state index in [0.717, 1.165) is 22.2 Å². The lowest BCUT2D eigenvalue weighted by Gasteiger charge is -2.27. The van der Waals surface area contributed by atoms with Crippen molar-refractivity contribution in [1.29, 1.82) is 0 Å². The molecule has 1 amide bonds. The summed E-state index contributed by atoms with van der Waals surface area (Å²) in [4.78, 5) is 16.0. The summed E-state index contributed by atoms with van der Waals surface area (Å²) in [5.74, 6) is -0.172. The number of hydrazone groups is 1. The van der Waals surface area contributed by atoms with Crippen molar-refractivity contribution in [3.8, 4) is 0 Å². The molecule has 1 aromatic heterocycles. The Morgan fingerprint density at radius 3 is 2.85 bits per heavy atom. The highest BCUT2D eigenvalue weighted by Gasteiger charge is 2.30. The molecule has 3 aromatic rings. The maximum atomic E-state index is 12.6. The number of carbonyl (C=O) groups excluding carboxylic acids is 1. The summed E-state index contributed by atoms with van der Waals surface area (Å²) in [5.41, 5.74) is 6.78. The molecule has 0 spiro atoms. The molecule has 7 heteroatoms. The van der Waals surface area contributed by atoms with Gasteiger partial charge in [-0.1, -0.05) is 47.5 Å². The van der Waals surface area contributed by atoms with Crippen molar-refractivity contribution in [3.05, 3.63) is 69.3 Å². The molecule has 3 N–H and O–H groups in total. The van der Waals surface area contributed by atoms with Crippen molar-refractivity contribution in [2.24, 2.45) is 5.10 Å². The molecule has 0 radical (unpaired) electrons. The van der Waals surface area contributed by atoms with Crippen molar-refractivity contribution in [2.45, 2.75) is 25.4 Å². The van der Waals surface area contributed by atoms with E-state index in [1.54, 1.807) is 24.4 Å². The van der Waals surface area contributed by atoms with E-state index in [2.05, 4.69) is 33.0 Å². The lowest BCUT2D eigenvalue weighted by atomic mass is 9.94. The first-order chi connectivity index (χ1) is 13.0. The lowest BCUT2D eigenvalue weighted by molar-refractivity contribution is -0.123. The standard InChI is InChI=1S/C20H18Cl2N4O/c1-11-19-14(13-4-2-3-5-17(13)25-19)9-18(24-11)20(27)26-23-10-12-6-7-15(21)16(22)8-12/h2-8,10-11,18,24-25H,9H2,1H3,(H,26,27)/b23-10+. The van der Waals surface area contributed by atoms with Gasteiger partial charge in [0.05, 0.1) is 22.3 Å². The van der Waals surface area contributed by atoms with Crippen molar-refractivity contribution >= 4 is 46.2 Å². The van der Waals surface area contributed by atoms with Gasteiger partial charge in [0, 0.05) is 22.6 Å². The fourth-order valence-electron chi connectivity index (χ4n) is 3.47. The number of amides is 1. The molecule has 1 aliphatic rings. The zero-order valence-electron chi connectivity index (χ0n) is 14.6. The first-order valence-electron chi connectivity index (χ1n) is 8.66. The Morgan fingerprint density at radius 1 is 1.22 bits per heavy atom. The summed E-state index contributed by atoms with van der Waals surface area (Å²) < 4.78 is 0. The topological polar surface area (TPSA) is 69.3 Å². The minimum absolute atomic E-state index is 0.0518. The Morgan fingerprint density at radius 2 is 2.04 bits per heavy atom. The van der Waals surface area contributed by atoms with Crippen LogP contribution in [-0.2, 0) is 11.2 Å². The Balaban J connectivity index is 1.48. The minimum Gasteiger partial charge on any atom is -0.357 e. The molecule has 4 rings (SSSR count). The van der Waals surface area contributed by atoms with Crippen molar-refractivity contribution in [3.63, 3.8) is 0 Å². The second kappa shape index (κ2) is 7.35. The SMILES string of the molecule is CC1NC(C(=O)N/N=C/c2ccc(Cl)c(Cl)c2)Cc2c1[nH]c1ccccc21. The minimum atomic E-state index is -0.349. The van der Waals surface area contributed by atoms with Gasteiger partial charge in [-0.15, -0.1) is 0 Å². The van der Waals surface area contributed by atoms with Crippen molar-refractivity contribution in [2.75, 3.05) is 0 Å². The highest BCUT2D eigenvalue weighted by molar-refractivity contribution is 6.42. The number of fused-ring (bicyclic) bond motifs is 3. The van der Waals surface area contributed by atoms with Gasteiger partial charge in [0.15, 0.2) is 0 Å². The van der Waals surface area contributed by atoms with Crippen LogP contribution in [0.3, 0.4) is 0 Å². The number of rotatable bonds is 3. The number of nitrogens with zero attached hydrogens (tertiary/aromatic N) is 1. The van der Waals surface area contributed by atoms with Crippen LogP contribution in [0.1, 0.15) is 29.8 Å². The summed E-state index contributed by atoms with van der Waals surface area (Å²) in [5, 5.41) is 9.48. The van der Waals surface area contributed by atoms with Crippen LogP contribution in [0, 0.1) is 0 Å². The van der Waals surface area contributed by atoms with Crippen LogP contribution in [-0.4, -0.2) is 23.1 Å². The number of hydrogen-bond donors (Lipinski definition) is 3. The van der Waals surface area contributed by atoms with E-state index in [9.17, 15) is 4.79 Å². The van der Waals surface area contributed by atoms with E-state index in [-0.39, 0.29) is 18.0 Å². The Hall–Kier alpha value is -2.34. The molecule has 1 aliphatic heterocycles. The van der Waals surface area contributed by atoms with Crippen LogP contribution >= 0.6 is 23.2 Å². The van der Waals surface area contributed by atoms with Crippen LogP contribution in [0.25, 0.3) is 10.9 Å². The van der Waals surface area contributed by atoms with Crippen LogP contribution in [0.2, 0.25) is 10.0 Å². The molecule has 0 bridgehead atoms. The monoisotopic (exact) mass is 400 g/mol. The highest BCUT2D eigenvalue weighted by atomic mass is 35.5. The van der Waals surface area contributed by atoms with Crippen molar-refractivity contribution < 1.29 is 4.79 Å². The second-order valence-electron chi connectivity index (χ2n) is 6.62. The summed E-state index contributed by atoms with van der Waals surface area (Å²) in [7, 11) is 0. The van der Waals surface area contributed by atoms with Crippen LogP contribution in [0.15, 0.2) is 47.6 Å². The number of benzene rings is 2. The lowest BCUT2D eigenvalue weighted by Crippen LogP contribution is -2.47. The van der Waals surface area contributed by atoms with Gasteiger partial charge in [0.25, 0.3) is 5.91 Å². The largest absolute Gasteiger partial charge is 0.357 e. The number of nitrogens with one attached hydrogen (secondary N) is 3. The van der Waals surface area contributed by atoms with Gasteiger partial charge in [-0.05, 0) is 42.7 Å². The van der Waals surface area contributed by atoms with Gasteiger partial charge < -0.3 is 4.98 Å². The maximum absolute atomic E-state index is 12.6. The van der Waals surface area contributed by atoms with Crippen molar-refractivity contribution in [1.82, 2.24) is 15.7 Å². The Labute approximate surface area is 166 Å². The Bertz CT molecular complexity index is 1040. The number of hydrogen-bond acceptors (Lipinski definition) is 3. The van der Waals surface area contributed by atoms with E-state index >= 15 is 0 Å². The first-order valence-corrected chi connectivity index (χ1v) is 9.42. The molecule has 2 aromatic carbocycles. The molecule has 2 unspecified atom stereocenters. The molecule has 0 saturated carbocycles. The molecule has 138 valence electrons. The van der Waals surface area contributed by atoms with Gasteiger partial charge in [0.1, 0.15) is 0 Å². The number of carbonyl (C=O) groups is 1. The van der Waals surface area contributed by atoms with E-state index in [0.29, 0.717) is 16.5 Å². The fraction of sp³-hybridized carbons (Fsp3) is 0.200. The summed E-state index contributed by atoms with van der Waals surface area (Å²) in [6.45, 7) is 2.05. The Kier molecular flexibility index (Phi) is 4.91. The maximum Gasteiger partial charge on any atom is 0.257 e. The van der Waals surface area contributed by atoms with Gasteiger partial charge in [-0.3, -0.25) is 10.1 Å². The predicted molar refractivity (Wildman–Crippen MR) is 110 cm³/mol. The molecule has 0 saturated heterocycles. The smallest absolute Gasteiger partial charge is 0.257 e. The number of halogens is 2. The average Bonchev–Trinajstić information content (AvgIpc) is 3.04. The van der Waals surface area contributed by atoms with Crippen LogP contribution in [0.4, 0.5) is 0 Å². The normalized spacial score (nSPS) is 19.4. The van der Waals surface area contributed by atoms with Crippen LogP contribution < -0.4 is 10.7 Å². The molecule has 2 heterocycles. The number of aromatic amines is 1. The number of para-hydroxylation sites is 1. The van der Waals surface area contributed by atoms with Gasteiger partial charge in [-0.25, -0.2) is 5.43 Å². The molecule has 5 nitrogen and oxygen atoms in total. The number of H-pyrrole nitrogens is 1. The third-order valence-corrected chi connectivity index (χ3v) is 5.53. The quantitative estimate of drug-likeness (QED) is 0.455. The van der Waals surface area contributed by atoms with Crippen LogP contribution in [0.5, 0.6) is 0 Å². The van der Waals surface area contributed by atoms with E-state index in [4.69, 9.17) is 23.2 Å². The zero-order chi connectivity index (χ0) is 19.0. The average molecular weight is 401 g/mol. The van der Waals surface area contributed by atoms with Gasteiger partial charge in [0.2, 0.25) is 0 Å². The second-order valence-corrected chi connectivity index (χ2v) is 7.43. The first kappa shape index (κ1) is 18.0. The third-order valence-electron chi connectivity index (χ3n) is 4.79. The van der Waals surface area contributed by atoms with Gasteiger partial charge in [-0.2, -0.15) is 5.10 Å². The summed E-state index contributed by atoms with van der Waals surface area (Å²) in [6, 6.07) is 13.0. The molecule has 2 atom stereocenters. The van der Waals surface area contributed by atoms with E-state index < -0.39 is 0 Å². The molecule has 0 aliphatic carbocycles. The summed E-state index contributed by atoms with van der Waals surface area (Å²) in [6.07, 6.45) is 2.15. The molecule has 0 fully saturated rings. The van der Waals surface area contributed by atoms with Gasteiger partial charge >= 0.3 is 0 Å². The van der Waals surface area contributed by atoms with E-state index in [1.807, 2.05) is 19.1 Å². The molecular weight excluding hydrogens is 383 g/mol. The predicted octanol–water partition coefficient (Wildman–Crippen LogP) is 4.20. The molecule has 27 heavy (non-hydrogen) atoms. The van der Waals surface area contributed by atoms with E-state index in [1.165, 1.54) is 5.56 Å². The fourth-order valence-corrected chi connectivity index (χ4v) is 3.77. The molecular formula is C20H18Cl2N4O. The third kappa shape index (κ3) is 3.58. The summed E-state index contributed by atoms with van der Waals surface area (Å²) >= 11 is 11.9. The zero-order valence-corrected chi connectivity index (χ0v) is 16.1.